The van der Waals surface area contributed by atoms with Gasteiger partial charge in [-0.2, -0.15) is 0 Å². The average molecular weight is 489 g/mol. The number of hydrogen-bond donors (Lipinski definition) is 0. The molecule has 0 amide bonds. The number of ketones is 1. The molecule has 0 fully saturated rings. The van der Waals surface area contributed by atoms with Crippen molar-refractivity contribution in [1.82, 2.24) is 19.5 Å². The number of hydrogen-bond acceptors (Lipinski definition) is 7. The van der Waals surface area contributed by atoms with Crippen LogP contribution in [-0.4, -0.2) is 33.7 Å². The highest BCUT2D eigenvalue weighted by molar-refractivity contribution is 7.90. The number of rotatable bonds is 8. The van der Waals surface area contributed by atoms with Crippen molar-refractivity contribution in [3.05, 3.63) is 102 Å². The van der Waals surface area contributed by atoms with E-state index in [2.05, 4.69) is 15.0 Å². The summed E-state index contributed by atoms with van der Waals surface area (Å²) in [5.74, 6) is 0.157. The largest absolute Gasteiger partial charge is 0.483 e. The molecule has 3 heterocycles. The van der Waals surface area contributed by atoms with Crippen LogP contribution in [0.15, 0.2) is 84.8 Å². The molecule has 0 saturated heterocycles. The van der Waals surface area contributed by atoms with E-state index < -0.39 is 15.9 Å². The molecule has 0 spiro atoms. The van der Waals surface area contributed by atoms with Gasteiger partial charge in [-0.25, -0.2) is 18.4 Å². The first kappa shape index (κ1) is 22.9. The Bertz CT molecular complexity index is 1420. The van der Waals surface area contributed by atoms with E-state index >= 15 is 0 Å². The Morgan fingerprint density at radius 3 is 2.66 bits per heavy atom. The third-order valence-corrected chi connectivity index (χ3v) is 7.62. The lowest BCUT2D eigenvalue weighted by atomic mass is 9.87. The molecule has 1 aromatic carbocycles. The highest BCUT2D eigenvalue weighted by Crippen LogP contribution is 2.36. The van der Waals surface area contributed by atoms with Gasteiger partial charge in [-0.3, -0.25) is 9.78 Å². The molecule has 35 heavy (non-hydrogen) atoms. The zero-order chi connectivity index (χ0) is 24.3. The van der Waals surface area contributed by atoms with Crippen LogP contribution in [0.5, 0.6) is 5.75 Å². The Balaban J connectivity index is 1.58. The van der Waals surface area contributed by atoms with E-state index in [1.165, 1.54) is 12.3 Å². The number of sulfone groups is 1. The highest BCUT2D eigenvalue weighted by Gasteiger charge is 2.28. The van der Waals surface area contributed by atoms with Crippen molar-refractivity contribution in [1.29, 1.82) is 0 Å². The fourth-order valence-corrected chi connectivity index (χ4v) is 5.71. The number of ether oxygens (including phenoxy) is 1. The minimum Gasteiger partial charge on any atom is -0.483 e. The lowest BCUT2D eigenvalue weighted by Gasteiger charge is -2.25. The van der Waals surface area contributed by atoms with Crippen molar-refractivity contribution in [2.75, 3.05) is 0 Å². The minimum absolute atomic E-state index is 0.00656. The second kappa shape index (κ2) is 9.79. The molecule has 0 N–H and O–H groups in total. The Morgan fingerprint density at radius 2 is 1.91 bits per heavy atom. The van der Waals surface area contributed by atoms with Crippen LogP contribution in [-0.2, 0) is 28.6 Å². The summed E-state index contributed by atoms with van der Waals surface area (Å²) in [6.45, 7) is 0.453. The molecule has 0 aliphatic heterocycles. The van der Waals surface area contributed by atoms with E-state index in [-0.39, 0.29) is 16.6 Å². The van der Waals surface area contributed by atoms with Gasteiger partial charge in [-0.15, -0.1) is 0 Å². The summed E-state index contributed by atoms with van der Waals surface area (Å²) < 4.78 is 35.0. The number of pyridine rings is 2. The third kappa shape index (κ3) is 5.00. The van der Waals surface area contributed by atoms with Crippen molar-refractivity contribution in [2.24, 2.45) is 0 Å². The highest BCUT2D eigenvalue weighted by atomic mass is 32.2. The number of carbonyl (C=O) groups is 1. The van der Waals surface area contributed by atoms with Gasteiger partial charge in [0.05, 0.1) is 18.6 Å². The SMILES string of the molecule is O=C1CCCc2c1ccc(O[C@H](Cn1ccnc1)c1cccnc1)c2CS(=O)(=O)c1ccccn1. The van der Waals surface area contributed by atoms with Gasteiger partial charge in [-0.05, 0) is 48.7 Å². The van der Waals surface area contributed by atoms with Crippen molar-refractivity contribution in [2.45, 2.75) is 42.7 Å². The molecule has 3 aromatic heterocycles. The average Bonchev–Trinajstić information content (AvgIpc) is 3.39. The summed E-state index contributed by atoms with van der Waals surface area (Å²) in [5.41, 5.74) is 2.67. The molecular weight excluding hydrogens is 464 g/mol. The molecule has 178 valence electrons. The second-order valence-electron chi connectivity index (χ2n) is 8.42. The maximum Gasteiger partial charge on any atom is 0.199 e. The molecule has 0 unspecified atom stereocenters. The summed E-state index contributed by atoms with van der Waals surface area (Å²) in [6, 6.07) is 12.0. The van der Waals surface area contributed by atoms with E-state index in [1.54, 1.807) is 49.2 Å². The number of carbonyl (C=O) groups excluding carboxylic acids is 1. The van der Waals surface area contributed by atoms with E-state index in [0.29, 0.717) is 42.7 Å². The maximum absolute atomic E-state index is 13.3. The van der Waals surface area contributed by atoms with Gasteiger partial charge in [-0.1, -0.05) is 12.1 Å². The van der Waals surface area contributed by atoms with Gasteiger partial charge in [0.25, 0.3) is 0 Å². The summed E-state index contributed by atoms with van der Waals surface area (Å²) in [5, 5.41) is -0.00656. The molecule has 8 nitrogen and oxygen atoms in total. The smallest absolute Gasteiger partial charge is 0.199 e. The molecule has 0 saturated carbocycles. The minimum atomic E-state index is -3.77. The number of aromatic nitrogens is 4. The Morgan fingerprint density at radius 1 is 1.00 bits per heavy atom. The summed E-state index contributed by atoms with van der Waals surface area (Å²) in [4.78, 5) is 25.0. The van der Waals surface area contributed by atoms with Gasteiger partial charge in [0.15, 0.2) is 20.6 Å². The Hall–Kier alpha value is -3.85. The number of nitrogens with zero attached hydrogens (tertiary/aromatic N) is 4. The lowest BCUT2D eigenvalue weighted by molar-refractivity contribution is 0.0972. The van der Waals surface area contributed by atoms with Crippen LogP contribution >= 0.6 is 0 Å². The summed E-state index contributed by atoms with van der Waals surface area (Å²) in [6.07, 6.45) is 11.4. The van der Waals surface area contributed by atoms with Crippen LogP contribution in [0, 0.1) is 0 Å². The number of fused-ring (bicyclic) bond motifs is 1. The van der Waals surface area contributed by atoms with Gasteiger partial charge in [0, 0.05) is 54.1 Å². The number of Topliss-reactive ketones (excluding diaryl/α,β-unsaturated/α-hetero) is 1. The van der Waals surface area contributed by atoms with Gasteiger partial charge < -0.3 is 9.30 Å². The van der Waals surface area contributed by atoms with Crippen LogP contribution < -0.4 is 4.74 Å². The molecule has 1 aliphatic carbocycles. The fourth-order valence-electron chi connectivity index (χ4n) is 4.36. The molecule has 4 aromatic rings. The van der Waals surface area contributed by atoms with E-state index in [1.807, 2.05) is 22.9 Å². The zero-order valence-electron chi connectivity index (χ0n) is 18.9. The number of imidazole rings is 1. The van der Waals surface area contributed by atoms with E-state index in [4.69, 9.17) is 4.74 Å². The predicted octanol–water partition coefficient (Wildman–Crippen LogP) is 3.99. The quantitative estimate of drug-likeness (QED) is 0.369. The second-order valence-corrected chi connectivity index (χ2v) is 10.4. The van der Waals surface area contributed by atoms with Gasteiger partial charge >= 0.3 is 0 Å². The zero-order valence-corrected chi connectivity index (χ0v) is 19.8. The molecule has 9 heteroatoms. The van der Waals surface area contributed by atoms with Crippen LogP contribution in [0.4, 0.5) is 0 Å². The van der Waals surface area contributed by atoms with Crippen LogP contribution in [0.3, 0.4) is 0 Å². The molecular formula is C26H24N4O4S. The van der Waals surface area contributed by atoms with E-state index in [0.717, 1.165) is 11.1 Å². The van der Waals surface area contributed by atoms with Gasteiger partial charge in [0.2, 0.25) is 0 Å². The first-order valence-electron chi connectivity index (χ1n) is 11.4. The standard InChI is InChI=1S/C26H24N4O4S/c31-23-7-3-6-20-21(23)9-10-24(22(20)17-35(32,33)26-8-1-2-12-29-26)34-25(16-30-14-13-28-18-30)19-5-4-11-27-15-19/h1-2,4-5,8-15,18,25H,3,6-7,16-17H2/t25-/m1/s1. The predicted molar refractivity (Wildman–Crippen MR) is 129 cm³/mol. The van der Waals surface area contributed by atoms with Crippen LogP contribution in [0.25, 0.3) is 0 Å². The molecule has 1 atom stereocenters. The topological polar surface area (TPSA) is 104 Å². The van der Waals surface area contributed by atoms with Crippen molar-refractivity contribution in [3.8, 4) is 5.75 Å². The summed E-state index contributed by atoms with van der Waals surface area (Å²) in [7, 11) is -3.77. The first-order valence-corrected chi connectivity index (χ1v) is 13.0. The van der Waals surface area contributed by atoms with Crippen LogP contribution in [0.1, 0.15) is 46.0 Å². The van der Waals surface area contributed by atoms with Crippen molar-refractivity contribution < 1.29 is 17.9 Å². The van der Waals surface area contributed by atoms with Crippen molar-refractivity contribution in [3.63, 3.8) is 0 Å². The Labute approximate surface area is 203 Å². The Kier molecular flexibility index (Phi) is 6.41. The van der Waals surface area contributed by atoms with Crippen LogP contribution in [0.2, 0.25) is 0 Å². The van der Waals surface area contributed by atoms with Crippen molar-refractivity contribution >= 4 is 15.6 Å². The number of benzene rings is 1. The monoisotopic (exact) mass is 488 g/mol. The maximum atomic E-state index is 13.3. The lowest BCUT2D eigenvalue weighted by Crippen LogP contribution is -2.20. The molecule has 5 rings (SSSR count). The molecule has 1 aliphatic rings. The first-order chi connectivity index (χ1) is 17.0. The summed E-state index contributed by atoms with van der Waals surface area (Å²) >= 11 is 0. The van der Waals surface area contributed by atoms with E-state index in [9.17, 15) is 13.2 Å². The third-order valence-electron chi connectivity index (χ3n) is 6.07. The normalized spacial score (nSPS) is 14.3. The van der Waals surface area contributed by atoms with Gasteiger partial charge in [0.1, 0.15) is 11.9 Å². The molecule has 0 radical (unpaired) electrons. The fraction of sp³-hybridized carbons (Fsp3) is 0.231. The molecule has 0 bridgehead atoms.